The van der Waals surface area contributed by atoms with E-state index in [1.165, 1.54) is 6.07 Å². The van der Waals surface area contributed by atoms with E-state index >= 15 is 0 Å². The number of hydrogen-bond donors (Lipinski definition) is 0. The van der Waals surface area contributed by atoms with Gasteiger partial charge in [-0.05, 0) is 29.8 Å². The van der Waals surface area contributed by atoms with E-state index in [2.05, 4.69) is 4.98 Å². The molecule has 0 saturated carbocycles. The van der Waals surface area contributed by atoms with Crippen molar-refractivity contribution in [1.29, 1.82) is 0 Å². The van der Waals surface area contributed by atoms with E-state index in [1.807, 2.05) is 21.5 Å². The van der Waals surface area contributed by atoms with Crippen molar-refractivity contribution in [2.75, 3.05) is 26.2 Å². The summed E-state index contributed by atoms with van der Waals surface area (Å²) < 4.78 is 28.5. The number of nitro benzene ring substituents is 1. The zero-order valence-corrected chi connectivity index (χ0v) is 16.9. The first kappa shape index (κ1) is 19.1. The Balaban J connectivity index is 1.43. The van der Waals surface area contributed by atoms with Crippen LogP contribution in [0, 0.1) is 10.1 Å². The van der Waals surface area contributed by atoms with Crippen LogP contribution >= 0.6 is 7.67 Å². The molecule has 2 aliphatic heterocycles. The summed E-state index contributed by atoms with van der Waals surface area (Å²) in [5, 5.41) is 13.2. The molecule has 0 radical (unpaired) electrons. The highest BCUT2D eigenvalue weighted by Gasteiger charge is 2.49. The summed E-state index contributed by atoms with van der Waals surface area (Å²) >= 11 is 0. The van der Waals surface area contributed by atoms with Gasteiger partial charge in [0.2, 0.25) is 5.75 Å². The Labute approximate surface area is 172 Å². The van der Waals surface area contributed by atoms with Crippen molar-refractivity contribution >= 4 is 24.1 Å². The standard InChI is InChI=1S/C20H19N4O5P/c25-24(26)18-5-4-15(14-28-30(27,22-8-9-22)23-10-11-23)12-20(18)29-19-3-1-2-16-13-21-7-6-17(16)19/h1-7,12-13H,8-11,14H2. The van der Waals surface area contributed by atoms with Gasteiger partial charge in [0.05, 0.1) is 11.5 Å². The fourth-order valence-electron chi connectivity index (χ4n) is 3.28. The predicted octanol–water partition coefficient (Wildman–Crippen LogP) is 4.19. The number of rotatable bonds is 8. The lowest BCUT2D eigenvalue weighted by atomic mass is 10.1. The van der Waals surface area contributed by atoms with Gasteiger partial charge in [0.1, 0.15) is 5.75 Å². The normalized spacial score (nSPS) is 16.5. The molecule has 0 atom stereocenters. The van der Waals surface area contributed by atoms with Gasteiger partial charge >= 0.3 is 13.4 Å². The van der Waals surface area contributed by atoms with Gasteiger partial charge in [-0.15, -0.1) is 0 Å². The highest BCUT2D eigenvalue weighted by atomic mass is 31.2. The van der Waals surface area contributed by atoms with Crippen molar-refractivity contribution in [3.8, 4) is 11.5 Å². The quantitative estimate of drug-likeness (QED) is 0.229. The monoisotopic (exact) mass is 426 g/mol. The Morgan fingerprint density at radius 3 is 2.53 bits per heavy atom. The second-order valence-electron chi connectivity index (χ2n) is 7.19. The molecular weight excluding hydrogens is 407 g/mol. The lowest BCUT2D eigenvalue weighted by Crippen LogP contribution is -2.08. The first-order valence-electron chi connectivity index (χ1n) is 9.58. The van der Waals surface area contributed by atoms with Crippen LogP contribution in [-0.4, -0.2) is 45.4 Å². The maximum atomic E-state index is 13.1. The second-order valence-corrected chi connectivity index (χ2v) is 9.56. The maximum Gasteiger partial charge on any atom is 0.346 e. The Hall–Kier alpha value is -2.84. The lowest BCUT2D eigenvalue weighted by molar-refractivity contribution is -0.385. The topological polar surface area (TPSA) is 97.6 Å². The van der Waals surface area contributed by atoms with Crippen LogP contribution in [0.15, 0.2) is 54.9 Å². The number of fused-ring (bicyclic) bond motifs is 1. The third-order valence-electron chi connectivity index (χ3n) is 5.04. The summed E-state index contributed by atoms with van der Waals surface area (Å²) in [6, 6.07) is 11.8. The zero-order chi connectivity index (χ0) is 20.7. The van der Waals surface area contributed by atoms with Crippen molar-refractivity contribution in [1.82, 2.24) is 14.3 Å². The van der Waals surface area contributed by atoms with E-state index in [9.17, 15) is 14.7 Å². The summed E-state index contributed by atoms with van der Waals surface area (Å²) in [4.78, 5) is 15.1. The summed E-state index contributed by atoms with van der Waals surface area (Å²) in [5.41, 5.74) is 0.506. The molecule has 154 valence electrons. The molecule has 0 amide bonds. The Kier molecular flexibility index (Phi) is 4.75. The van der Waals surface area contributed by atoms with Crippen molar-refractivity contribution in [2.24, 2.45) is 0 Å². The molecule has 2 aliphatic rings. The Morgan fingerprint density at radius 2 is 1.83 bits per heavy atom. The van der Waals surface area contributed by atoms with Crippen LogP contribution in [0.2, 0.25) is 0 Å². The number of nitro groups is 1. The van der Waals surface area contributed by atoms with Gasteiger partial charge in [-0.1, -0.05) is 12.1 Å². The predicted molar refractivity (Wildman–Crippen MR) is 110 cm³/mol. The Morgan fingerprint density at radius 1 is 1.07 bits per heavy atom. The molecule has 0 N–H and O–H groups in total. The van der Waals surface area contributed by atoms with Crippen molar-refractivity contribution in [3.63, 3.8) is 0 Å². The summed E-state index contributed by atoms with van der Waals surface area (Å²) in [5.74, 6) is 0.605. The zero-order valence-electron chi connectivity index (χ0n) is 16.0. The molecule has 30 heavy (non-hydrogen) atoms. The van der Waals surface area contributed by atoms with Gasteiger partial charge in [0.15, 0.2) is 0 Å². The average Bonchev–Trinajstić information content (AvgIpc) is 3.64. The van der Waals surface area contributed by atoms with Gasteiger partial charge in [-0.25, -0.2) is 9.34 Å². The van der Waals surface area contributed by atoms with Gasteiger partial charge in [0.25, 0.3) is 0 Å². The maximum absolute atomic E-state index is 13.1. The molecule has 10 heteroatoms. The molecular formula is C20H19N4O5P. The SMILES string of the molecule is O=[N+]([O-])c1ccc(COP(=O)(N2CC2)N2CC2)cc1Oc1cccc2cnccc12. The van der Waals surface area contributed by atoms with E-state index in [1.54, 1.807) is 36.7 Å². The smallest absolute Gasteiger partial charge is 0.346 e. The number of pyridine rings is 1. The molecule has 1 aromatic heterocycles. The fraction of sp³-hybridized carbons (Fsp3) is 0.250. The number of aromatic nitrogens is 1. The molecule has 0 unspecified atom stereocenters. The Bertz CT molecular complexity index is 1160. The lowest BCUT2D eigenvalue weighted by Gasteiger charge is -2.19. The van der Waals surface area contributed by atoms with Crippen molar-refractivity contribution in [3.05, 3.63) is 70.5 Å². The van der Waals surface area contributed by atoms with Crippen LogP contribution in [0.25, 0.3) is 10.8 Å². The molecule has 2 aromatic carbocycles. The summed E-state index contributed by atoms with van der Waals surface area (Å²) in [7, 11) is -2.97. The van der Waals surface area contributed by atoms with Crippen LogP contribution < -0.4 is 4.74 Å². The van der Waals surface area contributed by atoms with Gasteiger partial charge in [0, 0.05) is 55.4 Å². The number of nitrogens with zero attached hydrogens (tertiary/aromatic N) is 4. The largest absolute Gasteiger partial charge is 0.449 e. The van der Waals surface area contributed by atoms with E-state index < -0.39 is 12.6 Å². The fourth-order valence-corrected chi connectivity index (χ4v) is 5.47. The third-order valence-corrected chi connectivity index (χ3v) is 7.74. The van der Waals surface area contributed by atoms with Gasteiger partial charge in [-0.3, -0.25) is 19.7 Å². The number of ether oxygens (including phenoxy) is 1. The molecule has 2 saturated heterocycles. The highest BCUT2D eigenvalue weighted by molar-refractivity contribution is 7.54. The van der Waals surface area contributed by atoms with E-state index in [0.29, 0.717) is 11.3 Å². The van der Waals surface area contributed by atoms with Crippen LogP contribution in [0.4, 0.5) is 5.69 Å². The van der Waals surface area contributed by atoms with Crippen LogP contribution in [0.3, 0.4) is 0 Å². The van der Waals surface area contributed by atoms with E-state index in [4.69, 9.17) is 9.26 Å². The molecule has 0 spiro atoms. The average molecular weight is 426 g/mol. The van der Waals surface area contributed by atoms with E-state index in [0.717, 1.165) is 37.0 Å². The molecule has 3 heterocycles. The minimum atomic E-state index is -2.97. The number of benzene rings is 2. The first-order valence-corrected chi connectivity index (χ1v) is 11.1. The first-order chi connectivity index (χ1) is 14.5. The van der Waals surface area contributed by atoms with E-state index in [-0.39, 0.29) is 18.0 Å². The summed E-state index contributed by atoms with van der Waals surface area (Å²) in [6.45, 7) is 3.13. The summed E-state index contributed by atoms with van der Waals surface area (Å²) in [6.07, 6.45) is 3.35. The molecule has 5 rings (SSSR count). The van der Waals surface area contributed by atoms with Crippen molar-refractivity contribution < 1.29 is 18.7 Å². The third kappa shape index (κ3) is 3.68. The van der Waals surface area contributed by atoms with Gasteiger partial charge in [-0.2, -0.15) is 0 Å². The molecule has 0 aliphatic carbocycles. The molecule has 3 aromatic rings. The second kappa shape index (κ2) is 7.45. The minimum Gasteiger partial charge on any atom is -0.449 e. The minimum absolute atomic E-state index is 0.0814. The van der Waals surface area contributed by atoms with Crippen LogP contribution in [-0.2, 0) is 15.7 Å². The van der Waals surface area contributed by atoms with Crippen LogP contribution in [0.5, 0.6) is 11.5 Å². The molecule has 9 nitrogen and oxygen atoms in total. The van der Waals surface area contributed by atoms with Gasteiger partial charge < -0.3 is 9.26 Å². The van der Waals surface area contributed by atoms with Crippen molar-refractivity contribution in [2.45, 2.75) is 6.61 Å². The molecule has 0 bridgehead atoms. The number of hydrogen-bond acceptors (Lipinski definition) is 6. The van der Waals surface area contributed by atoms with Crippen LogP contribution in [0.1, 0.15) is 5.56 Å². The molecule has 2 fully saturated rings. The highest BCUT2D eigenvalue weighted by Crippen LogP contribution is 2.61.